The monoisotopic (exact) mass is 221 g/mol. The van der Waals surface area contributed by atoms with E-state index in [-0.39, 0.29) is 0 Å². The summed E-state index contributed by atoms with van der Waals surface area (Å²) in [7, 11) is 0. The molecule has 16 heavy (non-hydrogen) atoms. The first-order valence-corrected chi connectivity index (χ1v) is 5.37. The second-order valence-corrected chi connectivity index (χ2v) is 4.05. The lowest BCUT2D eigenvalue weighted by Gasteiger charge is -2.10. The van der Waals surface area contributed by atoms with Gasteiger partial charge in [-0.25, -0.2) is 0 Å². The van der Waals surface area contributed by atoms with Gasteiger partial charge in [-0.15, -0.1) is 15.3 Å². The number of tetrazole rings is 1. The Labute approximate surface area is 93.0 Å². The molecule has 2 atom stereocenters. The summed E-state index contributed by atoms with van der Waals surface area (Å²) in [6.45, 7) is 4.24. The van der Waals surface area contributed by atoms with Gasteiger partial charge in [-0.2, -0.15) is 5.21 Å². The molecule has 0 spiro atoms. The first-order valence-electron chi connectivity index (χ1n) is 5.37. The molecule has 2 rings (SSSR count). The molecule has 0 aromatic carbocycles. The van der Waals surface area contributed by atoms with E-state index in [0.717, 1.165) is 24.4 Å². The van der Waals surface area contributed by atoms with Crippen LogP contribution in [-0.4, -0.2) is 36.0 Å². The molecule has 0 aliphatic rings. The van der Waals surface area contributed by atoms with Crippen molar-refractivity contribution in [1.82, 2.24) is 36.0 Å². The molecule has 86 valence electrons. The van der Waals surface area contributed by atoms with Gasteiger partial charge in [0.2, 0.25) is 0 Å². The van der Waals surface area contributed by atoms with Crippen molar-refractivity contribution in [1.29, 1.82) is 0 Å². The lowest BCUT2D eigenvalue weighted by atomic mass is 9.96. The SMILES string of the molecule is CC(CCC(C)c1nn[nH]n1)c1c[nH]nn1. The number of nitrogens with one attached hydrogen (secondary N) is 2. The lowest BCUT2D eigenvalue weighted by molar-refractivity contribution is 0.548. The molecule has 0 saturated carbocycles. The maximum atomic E-state index is 4.00. The van der Waals surface area contributed by atoms with Crippen LogP contribution in [0, 0.1) is 0 Å². The quantitative estimate of drug-likeness (QED) is 0.785. The van der Waals surface area contributed by atoms with E-state index in [2.05, 4.69) is 49.9 Å². The van der Waals surface area contributed by atoms with Crippen LogP contribution in [0.15, 0.2) is 6.20 Å². The van der Waals surface area contributed by atoms with Gasteiger partial charge in [-0.3, -0.25) is 5.10 Å². The summed E-state index contributed by atoms with van der Waals surface area (Å²) in [5, 5.41) is 24.4. The van der Waals surface area contributed by atoms with Gasteiger partial charge in [0, 0.05) is 18.0 Å². The van der Waals surface area contributed by atoms with Crippen LogP contribution in [0.2, 0.25) is 0 Å². The molecule has 7 heteroatoms. The van der Waals surface area contributed by atoms with Crippen molar-refractivity contribution >= 4 is 0 Å². The Hall–Kier alpha value is -1.79. The van der Waals surface area contributed by atoms with Gasteiger partial charge in [0.1, 0.15) is 0 Å². The molecule has 0 radical (unpaired) electrons. The molecular formula is C9H15N7. The van der Waals surface area contributed by atoms with Crippen LogP contribution in [0.25, 0.3) is 0 Å². The summed E-state index contributed by atoms with van der Waals surface area (Å²) >= 11 is 0. The van der Waals surface area contributed by atoms with Crippen molar-refractivity contribution in [2.24, 2.45) is 0 Å². The standard InChI is InChI=1S/C9H15N7/c1-6(8-5-10-14-11-8)3-4-7(2)9-12-15-16-13-9/h5-7H,3-4H2,1-2H3,(H,10,11,14)(H,12,13,15,16). The average molecular weight is 221 g/mol. The fraction of sp³-hybridized carbons (Fsp3) is 0.667. The van der Waals surface area contributed by atoms with E-state index in [0.29, 0.717) is 11.8 Å². The summed E-state index contributed by atoms with van der Waals surface area (Å²) < 4.78 is 0. The Morgan fingerprint density at radius 1 is 1.12 bits per heavy atom. The average Bonchev–Trinajstić information content (AvgIpc) is 2.95. The molecule has 0 bridgehead atoms. The van der Waals surface area contributed by atoms with E-state index in [9.17, 15) is 0 Å². The van der Waals surface area contributed by atoms with Crippen LogP contribution < -0.4 is 0 Å². The van der Waals surface area contributed by atoms with E-state index in [1.807, 2.05) is 6.20 Å². The van der Waals surface area contributed by atoms with Gasteiger partial charge in [-0.05, 0) is 12.8 Å². The summed E-state index contributed by atoms with van der Waals surface area (Å²) in [6, 6.07) is 0. The third-order valence-electron chi connectivity index (χ3n) is 2.78. The number of H-pyrrole nitrogens is 2. The maximum Gasteiger partial charge on any atom is 0.177 e. The number of hydrogen-bond acceptors (Lipinski definition) is 5. The number of aromatic amines is 2. The Morgan fingerprint density at radius 3 is 2.56 bits per heavy atom. The fourth-order valence-corrected chi connectivity index (χ4v) is 1.61. The minimum Gasteiger partial charge on any atom is -0.265 e. The number of aromatic nitrogens is 7. The predicted octanol–water partition coefficient (Wildman–Crippen LogP) is 1.01. The summed E-state index contributed by atoms with van der Waals surface area (Å²) in [6.07, 6.45) is 3.87. The Bertz CT molecular complexity index is 353. The lowest BCUT2D eigenvalue weighted by Crippen LogP contribution is -2.01. The molecule has 0 amide bonds. The number of hydrogen-bond donors (Lipinski definition) is 2. The number of nitrogens with zero attached hydrogens (tertiary/aromatic N) is 5. The molecule has 2 N–H and O–H groups in total. The molecule has 0 aliphatic carbocycles. The smallest absolute Gasteiger partial charge is 0.177 e. The Balaban J connectivity index is 1.84. The van der Waals surface area contributed by atoms with Crippen LogP contribution in [0.4, 0.5) is 0 Å². The van der Waals surface area contributed by atoms with Crippen LogP contribution in [0.1, 0.15) is 50.0 Å². The fourth-order valence-electron chi connectivity index (χ4n) is 1.61. The van der Waals surface area contributed by atoms with E-state index >= 15 is 0 Å². The largest absolute Gasteiger partial charge is 0.265 e. The van der Waals surface area contributed by atoms with Crippen molar-refractivity contribution < 1.29 is 0 Å². The second-order valence-electron chi connectivity index (χ2n) is 4.05. The molecule has 2 aromatic heterocycles. The van der Waals surface area contributed by atoms with Gasteiger partial charge in [0.05, 0.1) is 5.69 Å². The molecule has 2 heterocycles. The second kappa shape index (κ2) is 4.82. The van der Waals surface area contributed by atoms with Gasteiger partial charge in [-0.1, -0.05) is 24.3 Å². The van der Waals surface area contributed by atoms with Crippen LogP contribution in [-0.2, 0) is 0 Å². The topological polar surface area (TPSA) is 96.0 Å². The molecule has 7 nitrogen and oxygen atoms in total. The highest BCUT2D eigenvalue weighted by atomic mass is 15.5. The van der Waals surface area contributed by atoms with Gasteiger partial charge < -0.3 is 0 Å². The molecule has 0 fully saturated rings. The normalized spacial score (nSPS) is 14.9. The first kappa shape index (κ1) is 10.7. The zero-order valence-electron chi connectivity index (χ0n) is 9.38. The highest BCUT2D eigenvalue weighted by Gasteiger charge is 2.14. The third kappa shape index (κ3) is 2.41. The molecule has 2 unspecified atom stereocenters. The van der Waals surface area contributed by atoms with Crippen molar-refractivity contribution in [2.45, 2.75) is 38.5 Å². The number of rotatable bonds is 5. The van der Waals surface area contributed by atoms with E-state index in [1.165, 1.54) is 0 Å². The van der Waals surface area contributed by atoms with Crippen molar-refractivity contribution in [3.8, 4) is 0 Å². The predicted molar refractivity (Wildman–Crippen MR) is 56.6 cm³/mol. The zero-order valence-corrected chi connectivity index (χ0v) is 9.38. The highest BCUT2D eigenvalue weighted by molar-refractivity contribution is 4.99. The minimum absolute atomic E-state index is 0.313. The Morgan fingerprint density at radius 2 is 1.94 bits per heavy atom. The maximum absolute atomic E-state index is 4.00. The van der Waals surface area contributed by atoms with Crippen LogP contribution in [0.3, 0.4) is 0 Å². The zero-order chi connectivity index (χ0) is 11.4. The highest BCUT2D eigenvalue weighted by Crippen LogP contribution is 2.23. The first-order chi connectivity index (χ1) is 7.77. The molecule has 0 saturated heterocycles. The van der Waals surface area contributed by atoms with E-state index in [4.69, 9.17) is 0 Å². The van der Waals surface area contributed by atoms with Crippen molar-refractivity contribution in [2.75, 3.05) is 0 Å². The molecule has 0 aliphatic heterocycles. The van der Waals surface area contributed by atoms with Crippen molar-refractivity contribution in [3.63, 3.8) is 0 Å². The van der Waals surface area contributed by atoms with Gasteiger partial charge in [0.15, 0.2) is 5.82 Å². The van der Waals surface area contributed by atoms with E-state index in [1.54, 1.807) is 0 Å². The van der Waals surface area contributed by atoms with Crippen LogP contribution >= 0.6 is 0 Å². The third-order valence-corrected chi connectivity index (χ3v) is 2.78. The minimum atomic E-state index is 0.313. The summed E-state index contributed by atoms with van der Waals surface area (Å²) in [5.41, 5.74) is 1.00. The summed E-state index contributed by atoms with van der Waals surface area (Å²) in [4.78, 5) is 0. The molecule has 2 aromatic rings. The Kier molecular flexibility index (Phi) is 3.23. The van der Waals surface area contributed by atoms with Gasteiger partial charge in [0.25, 0.3) is 0 Å². The van der Waals surface area contributed by atoms with E-state index < -0.39 is 0 Å². The molecular weight excluding hydrogens is 206 g/mol. The summed E-state index contributed by atoms with van der Waals surface area (Å²) in [5.74, 6) is 1.48. The van der Waals surface area contributed by atoms with Gasteiger partial charge >= 0.3 is 0 Å². The van der Waals surface area contributed by atoms with Crippen molar-refractivity contribution in [3.05, 3.63) is 17.7 Å². The van der Waals surface area contributed by atoms with Crippen LogP contribution in [0.5, 0.6) is 0 Å².